The Balaban J connectivity index is 2.39. The molecule has 1 aliphatic heterocycles. The molecule has 0 aromatic rings. The third-order valence-electron chi connectivity index (χ3n) is 3.01. The van der Waals surface area contributed by atoms with Crippen molar-refractivity contribution < 1.29 is 0 Å². The monoisotopic (exact) mass is 184 g/mol. The van der Waals surface area contributed by atoms with E-state index in [4.69, 9.17) is 0 Å². The highest BCUT2D eigenvalue weighted by Crippen LogP contribution is 2.17. The maximum Gasteiger partial charge on any atom is 0.0243 e. The van der Waals surface area contributed by atoms with E-state index in [1.165, 1.54) is 26.1 Å². The second kappa shape index (κ2) is 4.97. The molecule has 0 amide bonds. The van der Waals surface area contributed by atoms with Gasteiger partial charge in [-0.15, -0.1) is 0 Å². The van der Waals surface area contributed by atoms with Crippen molar-refractivity contribution in [3.63, 3.8) is 0 Å². The van der Waals surface area contributed by atoms with Gasteiger partial charge in [0.1, 0.15) is 0 Å². The summed E-state index contributed by atoms with van der Waals surface area (Å²) in [6, 6.07) is 0.746. The minimum Gasteiger partial charge on any atom is -0.315 e. The minimum absolute atomic E-state index is 0.746. The molecule has 1 fully saturated rings. The molecule has 0 aromatic carbocycles. The van der Waals surface area contributed by atoms with Crippen molar-refractivity contribution in [3.05, 3.63) is 0 Å². The molecule has 1 aliphatic rings. The quantitative estimate of drug-likeness (QED) is 0.716. The van der Waals surface area contributed by atoms with Crippen LogP contribution >= 0.6 is 0 Å². The maximum absolute atomic E-state index is 3.48. The lowest BCUT2D eigenvalue weighted by Crippen LogP contribution is -2.49. The van der Waals surface area contributed by atoms with Gasteiger partial charge in [-0.25, -0.2) is 0 Å². The summed E-state index contributed by atoms with van der Waals surface area (Å²) in [4.78, 5) is 2.52. The summed E-state index contributed by atoms with van der Waals surface area (Å²) in [5.41, 5.74) is 0. The van der Waals surface area contributed by atoms with Crippen LogP contribution in [0.3, 0.4) is 0 Å². The van der Waals surface area contributed by atoms with Crippen LogP contribution < -0.4 is 5.32 Å². The second-order valence-electron chi connectivity index (χ2n) is 4.87. The molecule has 78 valence electrons. The first-order valence-electron chi connectivity index (χ1n) is 5.52. The van der Waals surface area contributed by atoms with Crippen molar-refractivity contribution in [1.29, 1.82) is 0 Å². The fourth-order valence-corrected chi connectivity index (χ4v) is 2.27. The largest absolute Gasteiger partial charge is 0.315 e. The topological polar surface area (TPSA) is 15.3 Å². The predicted octanol–water partition coefficient (Wildman–Crippen LogP) is 1.57. The van der Waals surface area contributed by atoms with Crippen molar-refractivity contribution in [2.45, 2.75) is 33.2 Å². The first-order chi connectivity index (χ1) is 6.11. The molecule has 1 heterocycles. The third kappa shape index (κ3) is 3.28. The fraction of sp³-hybridized carbons (Fsp3) is 1.00. The zero-order valence-electron chi connectivity index (χ0n) is 9.51. The number of likely N-dealkylation sites (N-methyl/N-ethyl adjacent to an activating group) is 1. The third-order valence-corrected chi connectivity index (χ3v) is 3.01. The Bertz CT molecular complexity index is 145. The van der Waals surface area contributed by atoms with Crippen LogP contribution in [0.1, 0.15) is 27.2 Å². The summed E-state index contributed by atoms with van der Waals surface area (Å²) in [6.45, 7) is 10.5. The minimum atomic E-state index is 0.746. The summed E-state index contributed by atoms with van der Waals surface area (Å²) in [5.74, 6) is 1.63. The number of rotatable bonds is 3. The van der Waals surface area contributed by atoms with Crippen LogP contribution in [-0.2, 0) is 0 Å². The van der Waals surface area contributed by atoms with Crippen LogP contribution in [0, 0.1) is 11.8 Å². The summed E-state index contributed by atoms with van der Waals surface area (Å²) >= 11 is 0. The molecule has 0 saturated carbocycles. The summed E-state index contributed by atoms with van der Waals surface area (Å²) in [5, 5.41) is 3.48. The lowest BCUT2D eigenvalue weighted by molar-refractivity contribution is 0.138. The molecule has 0 bridgehead atoms. The van der Waals surface area contributed by atoms with Gasteiger partial charge in [0, 0.05) is 19.1 Å². The highest BCUT2D eigenvalue weighted by Gasteiger charge is 2.24. The van der Waals surface area contributed by atoms with Gasteiger partial charge in [0.25, 0.3) is 0 Å². The van der Waals surface area contributed by atoms with E-state index in [0.29, 0.717) is 0 Å². The molecule has 0 aliphatic carbocycles. The molecular formula is C11H24N2. The van der Waals surface area contributed by atoms with Gasteiger partial charge in [-0.1, -0.05) is 20.8 Å². The summed E-state index contributed by atoms with van der Waals surface area (Å²) in [7, 11) is 2.26. The zero-order valence-corrected chi connectivity index (χ0v) is 9.51. The predicted molar refractivity (Wildman–Crippen MR) is 57.9 cm³/mol. The first-order valence-corrected chi connectivity index (χ1v) is 5.52. The second-order valence-corrected chi connectivity index (χ2v) is 4.87. The first kappa shape index (κ1) is 11.0. The molecule has 13 heavy (non-hydrogen) atoms. The standard InChI is InChI=1S/C11H24N2/c1-9(2)8-13(4)11-7-12-6-5-10(11)3/h9-12H,5-8H2,1-4H3. The lowest BCUT2D eigenvalue weighted by atomic mass is 9.93. The molecular weight excluding hydrogens is 160 g/mol. The Morgan fingerprint density at radius 2 is 2.15 bits per heavy atom. The van der Waals surface area contributed by atoms with E-state index in [1.807, 2.05) is 0 Å². The molecule has 2 heteroatoms. The number of piperidine rings is 1. The fourth-order valence-electron chi connectivity index (χ4n) is 2.27. The molecule has 2 unspecified atom stereocenters. The van der Waals surface area contributed by atoms with E-state index in [-0.39, 0.29) is 0 Å². The Kier molecular flexibility index (Phi) is 4.20. The Morgan fingerprint density at radius 1 is 1.46 bits per heavy atom. The maximum atomic E-state index is 3.48. The zero-order chi connectivity index (χ0) is 9.84. The van der Waals surface area contributed by atoms with Crippen LogP contribution in [0.4, 0.5) is 0 Å². The smallest absolute Gasteiger partial charge is 0.0243 e. The van der Waals surface area contributed by atoms with Crippen molar-refractivity contribution in [3.8, 4) is 0 Å². The van der Waals surface area contributed by atoms with Crippen molar-refractivity contribution >= 4 is 0 Å². The average molecular weight is 184 g/mol. The molecule has 2 nitrogen and oxygen atoms in total. The lowest BCUT2D eigenvalue weighted by Gasteiger charge is -2.37. The van der Waals surface area contributed by atoms with E-state index < -0.39 is 0 Å². The highest BCUT2D eigenvalue weighted by molar-refractivity contribution is 4.82. The van der Waals surface area contributed by atoms with Gasteiger partial charge in [0.15, 0.2) is 0 Å². The number of nitrogens with zero attached hydrogens (tertiary/aromatic N) is 1. The van der Waals surface area contributed by atoms with E-state index in [2.05, 4.69) is 38.0 Å². The van der Waals surface area contributed by atoms with Gasteiger partial charge in [0.2, 0.25) is 0 Å². The Hall–Kier alpha value is -0.0800. The molecule has 1 N–H and O–H groups in total. The van der Waals surface area contributed by atoms with Crippen molar-refractivity contribution in [1.82, 2.24) is 10.2 Å². The number of nitrogens with one attached hydrogen (secondary N) is 1. The number of hydrogen-bond acceptors (Lipinski definition) is 2. The van der Waals surface area contributed by atoms with Gasteiger partial charge in [-0.2, -0.15) is 0 Å². The van der Waals surface area contributed by atoms with Crippen LogP contribution in [0.5, 0.6) is 0 Å². The van der Waals surface area contributed by atoms with E-state index in [0.717, 1.165) is 17.9 Å². The van der Waals surface area contributed by atoms with E-state index >= 15 is 0 Å². The molecule has 0 spiro atoms. The van der Waals surface area contributed by atoms with Crippen LogP contribution in [0.15, 0.2) is 0 Å². The van der Waals surface area contributed by atoms with E-state index in [9.17, 15) is 0 Å². The van der Waals surface area contributed by atoms with Gasteiger partial charge in [-0.05, 0) is 31.8 Å². The summed E-state index contributed by atoms with van der Waals surface area (Å²) in [6.07, 6.45) is 1.33. The Labute approximate surface area is 82.7 Å². The van der Waals surface area contributed by atoms with Gasteiger partial charge in [-0.3, -0.25) is 0 Å². The van der Waals surface area contributed by atoms with Crippen LogP contribution in [-0.4, -0.2) is 37.6 Å². The molecule has 2 atom stereocenters. The van der Waals surface area contributed by atoms with E-state index in [1.54, 1.807) is 0 Å². The Morgan fingerprint density at radius 3 is 2.69 bits per heavy atom. The normalized spacial score (nSPS) is 30.0. The van der Waals surface area contributed by atoms with Gasteiger partial charge < -0.3 is 10.2 Å². The SMILES string of the molecule is CC(C)CN(C)C1CNCCC1C. The highest BCUT2D eigenvalue weighted by atomic mass is 15.2. The van der Waals surface area contributed by atoms with Gasteiger partial charge in [0.05, 0.1) is 0 Å². The molecule has 0 aromatic heterocycles. The molecule has 1 saturated heterocycles. The summed E-state index contributed by atoms with van der Waals surface area (Å²) < 4.78 is 0. The van der Waals surface area contributed by atoms with Crippen LogP contribution in [0.25, 0.3) is 0 Å². The van der Waals surface area contributed by atoms with Crippen LogP contribution in [0.2, 0.25) is 0 Å². The van der Waals surface area contributed by atoms with Crippen molar-refractivity contribution in [2.75, 3.05) is 26.7 Å². The van der Waals surface area contributed by atoms with Gasteiger partial charge >= 0.3 is 0 Å². The molecule has 0 radical (unpaired) electrons. The van der Waals surface area contributed by atoms with Crippen molar-refractivity contribution in [2.24, 2.45) is 11.8 Å². The molecule has 1 rings (SSSR count). The average Bonchev–Trinajstić information content (AvgIpc) is 2.03. The number of hydrogen-bond donors (Lipinski definition) is 1.